The van der Waals surface area contributed by atoms with Crippen molar-refractivity contribution in [1.29, 1.82) is 0 Å². The van der Waals surface area contributed by atoms with Gasteiger partial charge in [-0.15, -0.1) is 0 Å². The molecule has 196 valence electrons. The Labute approximate surface area is 210 Å². The van der Waals surface area contributed by atoms with E-state index in [0.29, 0.717) is 37.5 Å². The number of aliphatic hydroxyl groups excluding tert-OH is 1. The van der Waals surface area contributed by atoms with Gasteiger partial charge in [0.05, 0.1) is 16.9 Å². The van der Waals surface area contributed by atoms with Crippen LogP contribution in [-0.4, -0.2) is 33.4 Å². The molecule has 5 heteroatoms. The average Bonchev–Trinajstić information content (AvgIpc) is 2.75. The first kappa shape index (κ1) is 25.3. The van der Waals surface area contributed by atoms with Gasteiger partial charge < -0.3 is 15.3 Å². The minimum atomic E-state index is -0.878. The molecular formula is C30H46O5. The molecule has 0 unspecified atom stereocenters. The minimum absolute atomic E-state index is 0.0112. The third-order valence-electron chi connectivity index (χ3n) is 13.1. The van der Waals surface area contributed by atoms with Crippen LogP contribution in [0, 0.1) is 50.2 Å². The first-order valence-corrected chi connectivity index (χ1v) is 13.9. The predicted molar refractivity (Wildman–Crippen MR) is 135 cm³/mol. The largest absolute Gasteiger partial charge is 0.481 e. The number of carboxylic acid groups (broad SMARTS) is 2. The summed E-state index contributed by atoms with van der Waals surface area (Å²) in [6, 6.07) is 0. The summed E-state index contributed by atoms with van der Waals surface area (Å²) in [7, 11) is 0. The van der Waals surface area contributed by atoms with Crippen LogP contribution < -0.4 is 0 Å². The Bertz CT molecular complexity index is 983. The Morgan fingerprint density at radius 1 is 0.829 bits per heavy atom. The molecule has 0 aromatic heterocycles. The maximum Gasteiger partial charge on any atom is 0.310 e. The molecule has 0 amide bonds. The lowest BCUT2D eigenvalue weighted by molar-refractivity contribution is -0.196. The topological polar surface area (TPSA) is 94.8 Å². The fraction of sp³-hybridized carbons (Fsp3) is 0.867. The van der Waals surface area contributed by atoms with Gasteiger partial charge in [-0.3, -0.25) is 9.59 Å². The second-order valence-electron chi connectivity index (χ2n) is 14.8. The number of carbonyl (C=O) groups is 2. The number of fused-ring (bicyclic) bond motifs is 7. The summed E-state index contributed by atoms with van der Waals surface area (Å²) in [4.78, 5) is 25.2. The summed E-state index contributed by atoms with van der Waals surface area (Å²) >= 11 is 0. The maximum absolute atomic E-state index is 12.9. The highest BCUT2D eigenvalue weighted by atomic mass is 16.4. The van der Waals surface area contributed by atoms with Gasteiger partial charge >= 0.3 is 11.9 Å². The van der Waals surface area contributed by atoms with E-state index in [1.807, 2.05) is 6.92 Å². The number of allylic oxidation sites excluding steroid dienone is 2. The molecule has 0 saturated heterocycles. The van der Waals surface area contributed by atoms with Crippen LogP contribution in [0.1, 0.15) is 106 Å². The molecule has 5 aliphatic carbocycles. The molecule has 0 spiro atoms. The van der Waals surface area contributed by atoms with Crippen molar-refractivity contribution in [2.75, 3.05) is 0 Å². The molecule has 3 N–H and O–H groups in total. The van der Waals surface area contributed by atoms with Crippen molar-refractivity contribution in [3.05, 3.63) is 11.6 Å². The minimum Gasteiger partial charge on any atom is -0.481 e. The number of hydrogen-bond donors (Lipinski definition) is 3. The predicted octanol–water partition coefficient (Wildman–Crippen LogP) is 6.30. The number of hydrogen-bond acceptors (Lipinski definition) is 3. The van der Waals surface area contributed by atoms with Crippen molar-refractivity contribution in [2.24, 2.45) is 50.2 Å². The first-order valence-electron chi connectivity index (χ1n) is 13.9. The molecule has 5 rings (SSSR count). The fourth-order valence-electron chi connectivity index (χ4n) is 11.0. The molecule has 35 heavy (non-hydrogen) atoms. The summed E-state index contributed by atoms with van der Waals surface area (Å²) < 4.78 is 0. The van der Waals surface area contributed by atoms with E-state index in [4.69, 9.17) is 0 Å². The van der Waals surface area contributed by atoms with E-state index in [-0.39, 0.29) is 28.3 Å². The molecule has 0 aromatic rings. The van der Waals surface area contributed by atoms with Crippen LogP contribution in [-0.2, 0) is 9.59 Å². The zero-order valence-electron chi connectivity index (χ0n) is 22.6. The van der Waals surface area contributed by atoms with Gasteiger partial charge in [0, 0.05) is 0 Å². The lowest BCUT2D eigenvalue weighted by atomic mass is 9.35. The zero-order chi connectivity index (χ0) is 25.8. The van der Waals surface area contributed by atoms with Crippen molar-refractivity contribution in [1.82, 2.24) is 0 Å². The first-order chi connectivity index (χ1) is 16.1. The molecular weight excluding hydrogens is 440 g/mol. The van der Waals surface area contributed by atoms with Gasteiger partial charge in [0.1, 0.15) is 0 Å². The highest BCUT2D eigenvalue weighted by Gasteiger charge is 2.69. The number of aliphatic carboxylic acids is 2. The van der Waals surface area contributed by atoms with Crippen LogP contribution in [0.3, 0.4) is 0 Å². The van der Waals surface area contributed by atoms with Gasteiger partial charge in [-0.05, 0) is 111 Å². The van der Waals surface area contributed by atoms with Crippen LogP contribution >= 0.6 is 0 Å². The normalized spacial score (nSPS) is 52.7. The molecule has 0 radical (unpaired) electrons. The highest BCUT2D eigenvalue weighted by Crippen LogP contribution is 2.74. The average molecular weight is 487 g/mol. The second-order valence-corrected chi connectivity index (χ2v) is 14.8. The van der Waals surface area contributed by atoms with Crippen molar-refractivity contribution in [3.8, 4) is 0 Å². The molecule has 4 saturated carbocycles. The van der Waals surface area contributed by atoms with E-state index in [1.165, 1.54) is 5.57 Å². The van der Waals surface area contributed by atoms with Gasteiger partial charge in [-0.2, -0.15) is 0 Å². The molecule has 0 bridgehead atoms. The Morgan fingerprint density at radius 2 is 1.51 bits per heavy atom. The molecule has 4 fully saturated rings. The van der Waals surface area contributed by atoms with Crippen molar-refractivity contribution >= 4 is 11.9 Å². The zero-order valence-corrected chi connectivity index (χ0v) is 22.6. The summed E-state index contributed by atoms with van der Waals surface area (Å²) in [5, 5.41) is 31.5. The number of aliphatic hydroxyl groups is 1. The smallest absolute Gasteiger partial charge is 0.310 e. The second kappa shape index (κ2) is 7.36. The van der Waals surface area contributed by atoms with Gasteiger partial charge in [0.2, 0.25) is 0 Å². The third kappa shape index (κ3) is 2.97. The Hall–Kier alpha value is -1.36. The van der Waals surface area contributed by atoms with Crippen molar-refractivity contribution < 1.29 is 24.9 Å². The summed E-state index contributed by atoms with van der Waals surface area (Å²) in [6.45, 7) is 13.4. The molecule has 0 aliphatic heterocycles. The molecule has 0 heterocycles. The van der Waals surface area contributed by atoms with E-state index in [2.05, 4.69) is 40.7 Å². The lowest BCUT2D eigenvalue weighted by Gasteiger charge is -2.69. The summed E-state index contributed by atoms with van der Waals surface area (Å²) in [6.07, 6.45) is 9.95. The number of rotatable bonds is 2. The Kier molecular flexibility index (Phi) is 5.32. The Morgan fingerprint density at radius 3 is 2.14 bits per heavy atom. The summed E-state index contributed by atoms with van der Waals surface area (Å²) in [5.41, 5.74) is -0.807. The van der Waals surface area contributed by atoms with E-state index in [1.54, 1.807) is 0 Å². The van der Waals surface area contributed by atoms with Crippen LogP contribution in [0.2, 0.25) is 0 Å². The van der Waals surface area contributed by atoms with Gasteiger partial charge in [0.15, 0.2) is 0 Å². The van der Waals surface area contributed by atoms with Crippen molar-refractivity contribution in [2.45, 2.75) is 112 Å². The van der Waals surface area contributed by atoms with Crippen LogP contribution in [0.4, 0.5) is 0 Å². The van der Waals surface area contributed by atoms with Crippen molar-refractivity contribution in [3.63, 3.8) is 0 Å². The van der Waals surface area contributed by atoms with Crippen LogP contribution in [0.5, 0.6) is 0 Å². The lowest BCUT2D eigenvalue weighted by Crippen LogP contribution is -2.64. The van der Waals surface area contributed by atoms with Crippen LogP contribution in [0.15, 0.2) is 11.6 Å². The third-order valence-corrected chi connectivity index (χ3v) is 13.1. The van der Waals surface area contributed by atoms with Crippen LogP contribution in [0.25, 0.3) is 0 Å². The molecule has 9 atom stereocenters. The van der Waals surface area contributed by atoms with Gasteiger partial charge in [-0.1, -0.05) is 46.3 Å². The monoisotopic (exact) mass is 486 g/mol. The maximum atomic E-state index is 12.9. The number of carboxylic acids is 2. The van der Waals surface area contributed by atoms with E-state index >= 15 is 0 Å². The molecule has 5 nitrogen and oxygen atoms in total. The standard InChI is InChI=1S/C30H46O5/c1-25(2)20-10-12-27(4)18-9-14-30(24(34)35)16-15-26(3,23(32)33)17-29(30,6)19(18)7-8-21(27)28(20,5)13-11-22(25)31/h9,19-22,31H,7-8,10-17H2,1-6H3,(H,32,33)(H,34,35)/t19-,20-,21-,22+,26-,27-,28-,29-,30-/m0/s1. The summed E-state index contributed by atoms with van der Waals surface area (Å²) in [5.74, 6) is -0.414. The van der Waals surface area contributed by atoms with E-state index in [9.17, 15) is 24.9 Å². The fourth-order valence-corrected chi connectivity index (χ4v) is 11.0. The quantitative estimate of drug-likeness (QED) is 0.398. The SMILES string of the molecule is CC1(C)[C@H](O)CC[C@]2(C)[C@H]3CC[C@H]4C(=CC[C@@]5(C(=O)O)CC[C@](C)(C(=O)O)C[C@@]45C)[C@]3(C)CC[C@@H]12. The molecule has 0 aromatic carbocycles. The van der Waals surface area contributed by atoms with E-state index < -0.39 is 28.2 Å². The Balaban J connectivity index is 1.58. The molecule has 5 aliphatic rings. The van der Waals surface area contributed by atoms with Gasteiger partial charge in [-0.25, -0.2) is 0 Å². The van der Waals surface area contributed by atoms with Gasteiger partial charge in [0.25, 0.3) is 0 Å². The highest BCUT2D eigenvalue weighted by molar-refractivity contribution is 5.80. The van der Waals surface area contributed by atoms with E-state index in [0.717, 1.165) is 38.5 Å².